The summed E-state index contributed by atoms with van der Waals surface area (Å²) < 4.78 is 11.1. The predicted octanol–water partition coefficient (Wildman–Crippen LogP) is 2.26. The lowest BCUT2D eigenvalue weighted by molar-refractivity contribution is 0.00534. The fourth-order valence-corrected chi connectivity index (χ4v) is 3.25. The molecule has 1 heterocycles. The Morgan fingerprint density at radius 3 is 2.37 bits per heavy atom. The van der Waals surface area contributed by atoms with Crippen LogP contribution in [0.3, 0.4) is 0 Å². The van der Waals surface area contributed by atoms with Gasteiger partial charge < -0.3 is 20.1 Å². The van der Waals surface area contributed by atoms with Gasteiger partial charge in [0.2, 0.25) is 0 Å². The SMILES string of the molecule is CN=C(NCCCOC)NCCCOC1CCN(Cc2ccccc2)CC1. The van der Waals surface area contributed by atoms with Crippen molar-refractivity contribution < 1.29 is 9.47 Å². The van der Waals surface area contributed by atoms with E-state index in [1.807, 2.05) is 0 Å². The monoisotopic (exact) mass is 376 g/mol. The van der Waals surface area contributed by atoms with Gasteiger partial charge in [0.1, 0.15) is 0 Å². The van der Waals surface area contributed by atoms with Crippen LogP contribution in [-0.4, -0.2) is 70.5 Å². The zero-order valence-electron chi connectivity index (χ0n) is 17.0. The number of piperidine rings is 1. The lowest BCUT2D eigenvalue weighted by atomic mass is 10.1. The third-order valence-corrected chi connectivity index (χ3v) is 4.79. The van der Waals surface area contributed by atoms with Gasteiger partial charge in [0.05, 0.1) is 6.10 Å². The van der Waals surface area contributed by atoms with Crippen LogP contribution in [0.1, 0.15) is 31.2 Å². The second-order valence-corrected chi connectivity index (χ2v) is 6.96. The molecular formula is C21H36N4O2. The topological polar surface area (TPSA) is 58.1 Å². The molecule has 0 unspecified atom stereocenters. The minimum Gasteiger partial charge on any atom is -0.385 e. The number of ether oxygens (including phenoxy) is 2. The Morgan fingerprint density at radius 2 is 1.74 bits per heavy atom. The zero-order valence-corrected chi connectivity index (χ0v) is 17.0. The Bertz CT molecular complexity index is 516. The van der Waals surface area contributed by atoms with Crippen LogP contribution in [0.2, 0.25) is 0 Å². The molecule has 27 heavy (non-hydrogen) atoms. The van der Waals surface area contributed by atoms with Crippen molar-refractivity contribution in [2.24, 2.45) is 4.99 Å². The lowest BCUT2D eigenvalue weighted by Crippen LogP contribution is -2.39. The summed E-state index contributed by atoms with van der Waals surface area (Å²) in [6.07, 6.45) is 4.63. The molecule has 1 fully saturated rings. The number of guanidine groups is 1. The van der Waals surface area contributed by atoms with Crippen molar-refractivity contribution in [1.82, 2.24) is 15.5 Å². The Balaban J connectivity index is 1.49. The molecule has 6 heteroatoms. The van der Waals surface area contributed by atoms with Gasteiger partial charge in [0, 0.05) is 60.1 Å². The predicted molar refractivity (Wildman–Crippen MR) is 111 cm³/mol. The summed E-state index contributed by atoms with van der Waals surface area (Å²) in [5.74, 6) is 0.848. The first-order valence-corrected chi connectivity index (χ1v) is 10.1. The van der Waals surface area contributed by atoms with Crippen LogP contribution in [0.15, 0.2) is 35.3 Å². The van der Waals surface area contributed by atoms with Crippen LogP contribution in [-0.2, 0) is 16.0 Å². The van der Waals surface area contributed by atoms with E-state index in [1.165, 1.54) is 5.56 Å². The van der Waals surface area contributed by atoms with E-state index in [0.717, 1.165) is 77.6 Å². The molecule has 0 radical (unpaired) electrons. The third-order valence-electron chi connectivity index (χ3n) is 4.79. The summed E-state index contributed by atoms with van der Waals surface area (Å²) in [6.45, 7) is 6.60. The van der Waals surface area contributed by atoms with Crippen LogP contribution in [0, 0.1) is 0 Å². The first-order chi connectivity index (χ1) is 13.3. The zero-order chi connectivity index (χ0) is 19.2. The molecule has 1 aromatic rings. The number of methoxy groups -OCH3 is 1. The summed E-state index contributed by atoms with van der Waals surface area (Å²) in [6, 6.07) is 10.7. The first-order valence-electron chi connectivity index (χ1n) is 10.1. The summed E-state index contributed by atoms with van der Waals surface area (Å²) >= 11 is 0. The summed E-state index contributed by atoms with van der Waals surface area (Å²) in [5.41, 5.74) is 1.40. The fourth-order valence-electron chi connectivity index (χ4n) is 3.25. The van der Waals surface area contributed by atoms with Crippen molar-refractivity contribution in [3.63, 3.8) is 0 Å². The number of nitrogens with one attached hydrogen (secondary N) is 2. The van der Waals surface area contributed by atoms with Crippen molar-refractivity contribution in [2.75, 3.05) is 53.6 Å². The number of likely N-dealkylation sites (tertiary alicyclic amines) is 1. The van der Waals surface area contributed by atoms with E-state index >= 15 is 0 Å². The Labute approximate surface area is 164 Å². The standard InChI is InChI=1S/C21H36N4O2/c1-22-21(23-12-6-16-26-2)24-13-7-17-27-20-10-14-25(15-11-20)18-19-8-4-3-5-9-19/h3-5,8-9,20H,6-7,10-18H2,1-2H3,(H2,22,23,24). The van der Waals surface area contributed by atoms with E-state index in [0.29, 0.717) is 6.10 Å². The van der Waals surface area contributed by atoms with Crippen LogP contribution in [0.5, 0.6) is 0 Å². The van der Waals surface area contributed by atoms with Crippen molar-refractivity contribution in [1.29, 1.82) is 0 Å². The number of hydrogen-bond donors (Lipinski definition) is 2. The number of aliphatic imine (C=N–C) groups is 1. The normalized spacial score (nSPS) is 16.4. The molecule has 1 aliphatic rings. The first kappa shape index (κ1) is 21.7. The second-order valence-electron chi connectivity index (χ2n) is 6.96. The highest BCUT2D eigenvalue weighted by Crippen LogP contribution is 2.16. The smallest absolute Gasteiger partial charge is 0.190 e. The van der Waals surface area contributed by atoms with Crippen LogP contribution in [0.4, 0.5) is 0 Å². The molecule has 0 bridgehead atoms. The van der Waals surface area contributed by atoms with E-state index < -0.39 is 0 Å². The van der Waals surface area contributed by atoms with Gasteiger partial charge in [-0.15, -0.1) is 0 Å². The molecule has 0 aromatic heterocycles. The average molecular weight is 377 g/mol. The minimum atomic E-state index is 0.406. The largest absolute Gasteiger partial charge is 0.385 e. The molecule has 2 rings (SSSR count). The third kappa shape index (κ3) is 9.22. The molecular weight excluding hydrogens is 340 g/mol. The highest BCUT2D eigenvalue weighted by molar-refractivity contribution is 5.79. The Morgan fingerprint density at radius 1 is 1.07 bits per heavy atom. The van der Waals surface area contributed by atoms with Crippen LogP contribution >= 0.6 is 0 Å². The van der Waals surface area contributed by atoms with E-state index in [4.69, 9.17) is 9.47 Å². The molecule has 1 aliphatic heterocycles. The number of hydrogen-bond acceptors (Lipinski definition) is 4. The molecule has 2 N–H and O–H groups in total. The van der Waals surface area contributed by atoms with Crippen LogP contribution in [0.25, 0.3) is 0 Å². The van der Waals surface area contributed by atoms with E-state index in [-0.39, 0.29) is 0 Å². The van der Waals surface area contributed by atoms with Crippen molar-refractivity contribution >= 4 is 5.96 Å². The van der Waals surface area contributed by atoms with Gasteiger partial charge in [-0.05, 0) is 31.2 Å². The molecule has 0 spiro atoms. The second kappa shape index (κ2) is 13.5. The lowest BCUT2D eigenvalue weighted by Gasteiger charge is -2.32. The van der Waals surface area contributed by atoms with Gasteiger partial charge in [-0.2, -0.15) is 0 Å². The molecule has 0 saturated carbocycles. The van der Waals surface area contributed by atoms with E-state index in [9.17, 15) is 0 Å². The highest BCUT2D eigenvalue weighted by Gasteiger charge is 2.19. The fraction of sp³-hybridized carbons (Fsp3) is 0.667. The summed E-state index contributed by atoms with van der Waals surface area (Å²) in [7, 11) is 3.52. The molecule has 0 amide bonds. The maximum absolute atomic E-state index is 6.07. The summed E-state index contributed by atoms with van der Waals surface area (Å²) in [4.78, 5) is 6.75. The number of nitrogens with zero attached hydrogens (tertiary/aromatic N) is 2. The average Bonchev–Trinajstić information content (AvgIpc) is 2.71. The molecule has 0 aliphatic carbocycles. The maximum atomic E-state index is 6.07. The van der Waals surface area contributed by atoms with E-state index in [2.05, 4.69) is 50.9 Å². The van der Waals surface area contributed by atoms with Gasteiger partial charge in [0.15, 0.2) is 5.96 Å². The quantitative estimate of drug-likeness (QED) is 0.352. The van der Waals surface area contributed by atoms with Crippen molar-refractivity contribution in [3.8, 4) is 0 Å². The van der Waals surface area contributed by atoms with E-state index in [1.54, 1.807) is 14.2 Å². The molecule has 6 nitrogen and oxygen atoms in total. The molecule has 152 valence electrons. The maximum Gasteiger partial charge on any atom is 0.190 e. The molecule has 1 aromatic carbocycles. The number of rotatable bonds is 11. The molecule has 0 atom stereocenters. The van der Waals surface area contributed by atoms with Crippen molar-refractivity contribution in [3.05, 3.63) is 35.9 Å². The minimum absolute atomic E-state index is 0.406. The van der Waals surface area contributed by atoms with Crippen LogP contribution < -0.4 is 10.6 Å². The Hall–Kier alpha value is -1.63. The van der Waals surface area contributed by atoms with Gasteiger partial charge in [-0.1, -0.05) is 30.3 Å². The van der Waals surface area contributed by atoms with Gasteiger partial charge in [-0.25, -0.2) is 0 Å². The van der Waals surface area contributed by atoms with Gasteiger partial charge in [0.25, 0.3) is 0 Å². The Kier molecular flexibility index (Phi) is 10.9. The van der Waals surface area contributed by atoms with Gasteiger partial charge >= 0.3 is 0 Å². The van der Waals surface area contributed by atoms with Gasteiger partial charge in [-0.3, -0.25) is 9.89 Å². The molecule has 1 saturated heterocycles. The van der Waals surface area contributed by atoms with Crippen molar-refractivity contribution in [2.45, 2.75) is 38.3 Å². The summed E-state index contributed by atoms with van der Waals surface area (Å²) in [5, 5.41) is 6.61. The highest BCUT2D eigenvalue weighted by atomic mass is 16.5. The number of benzene rings is 1.